The molecule has 1 rings (SSSR count). The maximum Gasteiger partial charge on any atom is 0.161 e. The van der Waals surface area contributed by atoms with Crippen LogP contribution in [0.4, 0.5) is 0 Å². The molecule has 0 aliphatic heterocycles. The van der Waals surface area contributed by atoms with E-state index in [-0.39, 0.29) is 12.4 Å². The third-order valence-corrected chi connectivity index (χ3v) is 2.51. The van der Waals surface area contributed by atoms with E-state index in [1.807, 2.05) is 31.2 Å². The van der Waals surface area contributed by atoms with Crippen LogP contribution in [0.1, 0.15) is 32.6 Å². The number of hydrogen-bond donors (Lipinski definition) is 1. The SMILES string of the molecule is CCOc1ccccc1OCCCCCCN.Cl. The smallest absolute Gasteiger partial charge is 0.161 e. The first-order valence-electron chi connectivity index (χ1n) is 6.43. The normalized spacial score (nSPS) is 9.67. The van der Waals surface area contributed by atoms with Gasteiger partial charge in [-0.25, -0.2) is 0 Å². The Morgan fingerprint density at radius 2 is 1.56 bits per heavy atom. The molecule has 0 saturated carbocycles. The molecular weight excluding hydrogens is 250 g/mol. The average molecular weight is 274 g/mol. The van der Waals surface area contributed by atoms with Crippen molar-refractivity contribution in [3.63, 3.8) is 0 Å². The van der Waals surface area contributed by atoms with Gasteiger partial charge in [-0.1, -0.05) is 25.0 Å². The van der Waals surface area contributed by atoms with Gasteiger partial charge in [-0.3, -0.25) is 0 Å². The van der Waals surface area contributed by atoms with Crippen molar-refractivity contribution in [1.82, 2.24) is 0 Å². The summed E-state index contributed by atoms with van der Waals surface area (Å²) in [5.41, 5.74) is 5.44. The molecule has 0 aromatic heterocycles. The third-order valence-electron chi connectivity index (χ3n) is 2.51. The summed E-state index contributed by atoms with van der Waals surface area (Å²) >= 11 is 0. The summed E-state index contributed by atoms with van der Waals surface area (Å²) in [6.07, 6.45) is 4.54. The molecule has 3 nitrogen and oxygen atoms in total. The standard InChI is InChI=1S/C14H23NO2.ClH/c1-2-16-13-9-5-6-10-14(13)17-12-8-4-3-7-11-15;/h5-6,9-10H,2-4,7-8,11-12,15H2,1H3;1H. The molecule has 0 spiro atoms. The molecule has 18 heavy (non-hydrogen) atoms. The average Bonchev–Trinajstić information content (AvgIpc) is 2.36. The molecular formula is C14H24ClNO2. The summed E-state index contributed by atoms with van der Waals surface area (Å²) in [4.78, 5) is 0. The van der Waals surface area contributed by atoms with Crippen LogP contribution in [0.15, 0.2) is 24.3 Å². The lowest BCUT2D eigenvalue weighted by molar-refractivity contribution is 0.270. The van der Waals surface area contributed by atoms with Crippen molar-refractivity contribution in [3.8, 4) is 11.5 Å². The molecule has 4 heteroatoms. The molecule has 0 heterocycles. The van der Waals surface area contributed by atoms with Crippen molar-refractivity contribution in [3.05, 3.63) is 24.3 Å². The van der Waals surface area contributed by atoms with Gasteiger partial charge in [-0.2, -0.15) is 0 Å². The first kappa shape index (κ1) is 17.1. The van der Waals surface area contributed by atoms with Gasteiger partial charge in [-0.05, 0) is 38.4 Å². The molecule has 0 radical (unpaired) electrons. The predicted octanol–water partition coefficient (Wildman–Crippen LogP) is 3.41. The van der Waals surface area contributed by atoms with Crippen molar-refractivity contribution in [2.75, 3.05) is 19.8 Å². The van der Waals surface area contributed by atoms with Crippen molar-refractivity contribution >= 4 is 12.4 Å². The van der Waals surface area contributed by atoms with E-state index in [0.29, 0.717) is 6.61 Å². The molecule has 2 N–H and O–H groups in total. The summed E-state index contributed by atoms with van der Waals surface area (Å²) in [5.74, 6) is 1.67. The van der Waals surface area contributed by atoms with E-state index in [0.717, 1.165) is 37.5 Å². The summed E-state index contributed by atoms with van der Waals surface area (Å²) in [6, 6.07) is 7.81. The Hall–Kier alpha value is -0.930. The van der Waals surface area contributed by atoms with E-state index in [2.05, 4.69) is 0 Å². The van der Waals surface area contributed by atoms with Gasteiger partial charge in [0, 0.05) is 0 Å². The monoisotopic (exact) mass is 273 g/mol. The number of ether oxygens (including phenoxy) is 2. The molecule has 0 aliphatic carbocycles. The van der Waals surface area contributed by atoms with E-state index < -0.39 is 0 Å². The molecule has 0 unspecified atom stereocenters. The van der Waals surface area contributed by atoms with Crippen LogP contribution >= 0.6 is 12.4 Å². The number of para-hydroxylation sites is 2. The van der Waals surface area contributed by atoms with Crippen LogP contribution in [0.2, 0.25) is 0 Å². The zero-order valence-electron chi connectivity index (χ0n) is 11.1. The fourth-order valence-corrected chi connectivity index (χ4v) is 1.63. The summed E-state index contributed by atoms with van der Waals surface area (Å²) < 4.78 is 11.2. The van der Waals surface area contributed by atoms with Gasteiger partial charge in [0.2, 0.25) is 0 Å². The van der Waals surface area contributed by atoms with Crippen LogP contribution in [-0.4, -0.2) is 19.8 Å². The Labute approximate surface area is 116 Å². The lowest BCUT2D eigenvalue weighted by atomic mass is 10.2. The quantitative estimate of drug-likeness (QED) is 0.702. The van der Waals surface area contributed by atoms with Crippen LogP contribution in [-0.2, 0) is 0 Å². The molecule has 0 bridgehead atoms. The van der Waals surface area contributed by atoms with Crippen LogP contribution < -0.4 is 15.2 Å². The molecule has 0 amide bonds. The largest absolute Gasteiger partial charge is 0.490 e. The fourth-order valence-electron chi connectivity index (χ4n) is 1.63. The zero-order valence-corrected chi connectivity index (χ0v) is 11.9. The van der Waals surface area contributed by atoms with Gasteiger partial charge >= 0.3 is 0 Å². The topological polar surface area (TPSA) is 44.5 Å². The molecule has 0 atom stereocenters. The van der Waals surface area contributed by atoms with Crippen molar-refractivity contribution in [2.24, 2.45) is 5.73 Å². The van der Waals surface area contributed by atoms with Gasteiger partial charge < -0.3 is 15.2 Å². The highest BCUT2D eigenvalue weighted by molar-refractivity contribution is 5.85. The Kier molecular flexibility index (Phi) is 10.6. The maximum absolute atomic E-state index is 5.71. The molecule has 1 aromatic carbocycles. The number of hydrogen-bond acceptors (Lipinski definition) is 3. The fraction of sp³-hybridized carbons (Fsp3) is 0.571. The zero-order chi connectivity index (χ0) is 12.3. The van der Waals surface area contributed by atoms with Crippen LogP contribution in [0.3, 0.4) is 0 Å². The van der Waals surface area contributed by atoms with Crippen LogP contribution in [0.25, 0.3) is 0 Å². The summed E-state index contributed by atoms with van der Waals surface area (Å²) in [5, 5.41) is 0. The molecule has 0 saturated heterocycles. The minimum Gasteiger partial charge on any atom is -0.490 e. The van der Waals surface area contributed by atoms with E-state index in [1.54, 1.807) is 0 Å². The van der Waals surface area contributed by atoms with E-state index in [1.165, 1.54) is 12.8 Å². The van der Waals surface area contributed by atoms with Crippen molar-refractivity contribution < 1.29 is 9.47 Å². The highest BCUT2D eigenvalue weighted by Gasteiger charge is 2.02. The number of benzene rings is 1. The predicted molar refractivity (Wildman–Crippen MR) is 77.9 cm³/mol. The number of nitrogens with two attached hydrogens (primary N) is 1. The van der Waals surface area contributed by atoms with Crippen molar-refractivity contribution in [2.45, 2.75) is 32.6 Å². The number of unbranched alkanes of at least 4 members (excludes halogenated alkanes) is 3. The molecule has 1 aromatic rings. The molecule has 0 aliphatic rings. The van der Waals surface area contributed by atoms with Gasteiger partial charge in [0.15, 0.2) is 11.5 Å². The maximum atomic E-state index is 5.71. The van der Waals surface area contributed by atoms with Gasteiger partial charge in [0.1, 0.15) is 0 Å². The minimum atomic E-state index is 0. The first-order valence-corrected chi connectivity index (χ1v) is 6.43. The van der Waals surface area contributed by atoms with Gasteiger partial charge in [0.05, 0.1) is 13.2 Å². The third kappa shape index (κ3) is 6.72. The second kappa shape index (κ2) is 11.2. The lowest BCUT2D eigenvalue weighted by Crippen LogP contribution is -2.02. The molecule has 104 valence electrons. The van der Waals surface area contributed by atoms with E-state index in [9.17, 15) is 0 Å². The second-order valence-electron chi connectivity index (χ2n) is 3.93. The summed E-state index contributed by atoms with van der Waals surface area (Å²) in [7, 11) is 0. The van der Waals surface area contributed by atoms with Crippen molar-refractivity contribution in [1.29, 1.82) is 0 Å². The Morgan fingerprint density at radius 1 is 0.944 bits per heavy atom. The number of halogens is 1. The molecule has 0 fully saturated rings. The highest BCUT2D eigenvalue weighted by atomic mass is 35.5. The highest BCUT2D eigenvalue weighted by Crippen LogP contribution is 2.26. The van der Waals surface area contributed by atoms with Crippen LogP contribution in [0, 0.1) is 0 Å². The lowest BCUT2D eigenvalue weighted by Gasteiger charge is -2.11. The van der Waals surface area contributed by atoms with Gasteiger partial charge in [-0.15, -0.1) is 12.4 Å². The number of rotatable bonds is 9. The van der Waals surface area contributed by atoms with E-state index in [4.69, 9.17) is 15.2 Å². The van der Waals surface area contributed by atoms with Gasteiger partial charge in [0.25, 0.3) is 0 Å². The Balaban J connectivity index is 0.00000289. The Morgan fingerprint density at radius 3 is 2.17 bits per heavy atom. The summed E-state index contributed by atoms with van der Waals surface area (Å²) in [6.45, 7) is 4.17. The van der Waals surface area contributed by atoms with Crippen LogP contribution in [0.5, 0.6) is 11.5 Å². The van der Waals surface area contributed by atoms with E-state index >= 15 is 0 Å². The second-order valence-corrected chi connectivity index (χ2v) is 3.93. The Bertz CT molecular complexity index is 308. The minimum absolute atomic E-state index is 0. The first-order chi connectivity index (χ1) is 8.38.